The summed E-state index contributed by atoms with van der Waals surface area (Å²) in [6, 6.07) is 15.6. The second kappa shape index (κ2) is 10.0. The number of benzene rings is 1. The molecule has 1 aliphatic heterocycles. The Labute approximate surface area is 181 Å². The Kier molecular flexibility index (Phi) is 7.18. The molecular weight excluding hydrogens is 427 g/mol. The average Bonchev–Trinajstić information content (AvgIpc) is 3.45. The van der Waals surface area contributed by atoms with Crippen LogP contribution in [-0.4, -0.2) is 54.8 Å². The van der Waals surface area contributed by atoms with E-state index in [0.717, 1.165) is 30.6 Å². The number of H-pyrrole nitrogens is 1. The molecule has 2 aromatic heterocycles. The van der Waals surface area contributed by atoms with E-state index in [9.17, 15) is 18.0 Å². The molecule has 8 nitrogen and oxygen atoms in total. The normalized spacial score (nSPS) is 15.7. The van der Waals surface area contributed by atoms with E-state index in [1.54, 1.807) is 6.20 Å². The molecule has 0 bridgehead atoms. The molecule has 3 aromatic rings. The third kappa shape index (κ3) is 5.90. The number of amides is 1. The molecule has 0 spiro atoms. The van der Waals surface area contributed by atoms with Gasteiger partial charge in [-0.2, -0.15) is 18.3 Å². The largest absolute Gasteiger partial charge is 0.490 e. The molecule has 4 rings (SSSR count). The number of aromatic nitrogens is 4. The van der Waals surface area contributed by atoms with Gasteiger partial charge in [-0.25, -0.2) is 9.78 Å². The molecule has 1 aromatic carbocycles. The summed E-state index contributed by atoms with van der Waals surface area (Å²) in [5.41, 5.74) is 1.89. The van der Waals surface area contributed by atoms with Gasteiger partial charge in [-0.1, -0.05) is 36.4 Å². The van der Waals surface area contributed by atoms with Crippen LogP contribution in [-0.2, 0) is 16.0 Å². The first-order valence-corrected chi connectivity index (χ1v) is 9.73. The van der Waals surface area contributed by atoms with E-state index in [4.69, 9.17) is 9.90 Å². The Hall–Kier alpha value is -3.76. The van der Waals surface area contributed by atoms with Gasteiger partial charge in [-0.3, -0.25) is 14.9 Å². The van der Waals surface area contributed by atoms with Crippen LogP contribution >= 0.6 is 0 Å². The Morgan fingerprint density at radius 2 is 1.81 bits per heavy atom. The summed E-state index contributed by atoms with van der Waals surface area (Å²) >= 11 is 0. The summed E-state index contributed by atoms with van der Waals surface area (Å²) in [5, 5.41) is 14.2. The van der Waals surface area contributed by atoms with Crippen LogP contribution in [0.4, 0.5) is 13.2 Å². The lowest BCUT2D eigenvalue weighted by Gasteiger charge is -2.23. The number of nitrogens with zero attached hydrogens (tertiary/aromatic N) is 4. The minimum absolute atomic E-state index is 0.0592. The molecule has 1 atom stereocenters. The van der Waals surface area contributed by atoms with Crippen molar-refractivity contribution in [2.24, 2.45) is 0 Å². The highest BCUT2D eigenvalue weighted by Gasteiger charge is 2.38. The van der Waals surface area contributed by atoms with Crippen LogP contribution in [0.2, 0.25) is 0 Å². The number of carboxylic acid groups (broad SMARTS) is 1. The zero-order valence-electron chi connectivity index (χ0n) is 16.8. The van der Waals surface area contributed by atoms with Gasteiger partial charge in [0, 0.05) is 18.3 Å². The van der Waals surface area contributed by atoms with E-state index < -0.39 is 12.1 Å². The molecule has 0 saturated carbocycles. The van der Waals surface area contributed by atoms with Gasteiger partial charge < -0.3 is 10.0 Å². The Morgan fingerprint density at radius 1 is 1.12 bits per heavy atom. The molecule has 3 heterocycles. The quantitative estimate of drug-likeness (QED) is 0.634. The SMILES string of the molecule is O=C(Cc1nc(-c2ccccc2)n[nH]1)N1CCCC1c1ccccn1.O=C(O)C(F)(F)F. The van der Waals surface area contributed by atoms with Gasteiger partial charge in [0.15, 0.2) is 5.82 Å². The van der Waals surface area contributed by atoms with Gasteiger partial charge >= 0.3 is 12.1 Å². The number of carbonyl (C=O) groups is 2. The van der Waals surface area contributed by atoms with Gasteiger partial charge in [0.2, 0.25) is 5.91 Å². The summed E-state index contributed by atoms with van der Waals surface area (Å²) in [6.45, 7) is 0.764. The maximum Gasteiger partial charge on any atom is 0.490 e. The number of hydrogen-bond acceptors (Lipinski definition) is 5. The van der Waals surface area contributed by atoms with Crippen LogP contribution in [0, 0.1) is 0 Å². The van der Waals surface area contributed by atoms with Crippen LogP contribution in [0.1, 0.15) is 30.4 Å². The number of likely N-dealkylation sites (tertiary alicyclic amines) is 1. The smallest absolute Gasteiger partial charge is 0.475 e. The molecular formula is C21H20F3N5O3. The molecule has 1 unspecified atom stereocenters. The minimum Gasteiger partial charge on any atom is -0.475 e. The first-order chi connectivity index (χ1) is 15.3. The molecule has 0 aliphatic carbocycles. The van der Waals surface area contributed by atoms with Gasteiger partial charge in [0.1, 0.15) is 5.82 Å². The number of hydrogen-bond donors (Lipinski definition) is 2. The molecule has 0 radical (unpaired) electrons. The molecule has 1 fully saturated rings. The second-order valence-electron chi connectivity index (χ2n) is 6.95. The zero-order valence-corrected chi connectivity index (χ0v) is 16.8. The van der Waals surface area contributed by atoms with E-state index in [1.165, 1.54) is 0 Å². The molecule has 11 heteroatoms. The lowest BCUT2D eigenvalue weighted by molar-refractivity contribution is -0.192. The molecule has 1 aliphatic rings. The van der Waals surface area contributed by atoms with Gasteiger partial charge in [-0.05, 0) is 25.0 Å². The molecule has 2 N–H and O–H groups in total. The van der Waals surface area contributed by atoms with Crippen LogP contribution in [0.3, 0.4) is 0 Å². The van der Waals surface area contributed by atoms with Crippen molar-refractivity contribution in [1.29, 1.82) is 0 Å². The number of aliphatic carboxylic acids is 1. The summed E-state index contributed by atoms with van der Waals surface area (Å²) in [7, 11) is 0. The highest BCUT2D eigenvalue weighted by atomic mass is 19.4. The van der Waals surface area contributed by atoms with Crippen molar-refractivity contribution in [3.63, 3.8) is 0 Å². The Morgan fingerprint density at radius 3 is 2.44 bits per heavy atom. The van der Waals surface area contributed by atoms with Gasteiger partial charge in [0.25, 0.3) is 0 Å². The van der Waals surface area contributed by atoms with Crippen molar-refractivity contribution in [2.75, 3.05) is 6.54 Å². The van der Waals surface area contributed by atoms with Crippen molar-refractivity contribution < 1.29 is 27.9 Å². The van der Waals surface area contributed by atoms with E-state index >= 15 is 0 Å². The van der Waals surface area contributed by atoms with Crippen molar-refractivity contribution >= 4 is 11.9 Å². The standard InChI is InChI=1S/C19H19N5O.C2HF3O2/c25-18(24-12-6-10-16(24)15-9-4-5-11-20-15)13-17-21-19(23-22-17)14-7-2-1-3-8-14;3-2(4,5)1(6)7/h1-5,7-9,11,16H,6,10,12-13H2,(H,21,22,23);(H,6,7). The highest BCUT2D eigenvalue weighted by molar-refractivity contribution is 5.79. The van der Waals surface area contributed by atoms with E-state index in [1.807, 2.05) is 53.4 Å². The number of nitrogens with one attached hydrogen (secondary N) is 1. The molecule has 168 valence electrons. The van der Waals surface area contributed by atoms with Crippen molar-refractivity contribution in [1.82, 2.24) is 25.1 Å². The van der Waals surface area contributed by atoms with E-state index in [0.29, 0.717) is 11.6 Å². The number of halogens is 3. The summed E-state index contributed by atoms with van der Waals surface area (Å²) < 4.78 is 31.7. The number of rotatable bonds is 4. The predicted octanol–water partition coefficient (Wildman–Crippen LogP) is 3.41. The number of alkyl halides is 3. The third-order valence-corrected chi connectivity index (χ3v) is 4.73. The van der Waals surface area contributed by atoms with E-state index in [-0.39, 0.29) is 18.4 Å². The summed E-state index contributed by atoms with van der Waals surface area (Å²) in [4.78, 5) is 32.4. The lowest BCUT2D eigenvalue weighted by atomic mass is 10.1. The maximum absolute atomic E-state index is 12.8. The fourth-order valence-corrected chi connectivity index (χ4v) is 3.28. The number of pyridine rings is 1. The van der Waals surface area contributed by atoms with Crippen LogP contribution in [0.25, 0.3) is 11.4 Å². The second-order valence-corrected chi connectivity index (χ2v) is 6.95. The lowest BCUT2D eigenvalue weighted by Crippen LogP contribution is -2.32. The van der Waals surface area contributed by atoms with Gasteiger partial charge in [0.05, 0.1) is 18.2 Å². The third-order valence-electron chi connectivity index (χ3n) is 4.73. The molecule has 1 amide bonds. The van der Waals surface area contributed by atoms with Crippen molar-refractivity contribution in [3.05, 3.63) is 66.2 Å². The highest BCUT2D eigenvalue weighted by Crippen LogP contribution is 2.31. The van der Waals surface area contributed by atoms with Gasteiger partial charge in [-0.15, -0.1) is 0 Å². The van der Waals surface area contributed by atoms with Crippen molar-refractivity contribution in [3.8, 4) is 11.4 Å². The first-order valence-electron chi connectivity index (χ1n) is 9.73. The summed E-state index contributed by atoms with van der Waals surface area (Å²) in [5.74, 6) is -1.49. The van der Waals surface area contributed by atoms with E-state index in [2.05, 4.69) is 20.2 Å². The molecule has 32 heavy (non-hydrogen) atoms. The average molecular weight is 447 g/mol. The minimum atomic E-state index is -5.08. The monoisotopic (exact) mass is 447 g/mol. The predicted molar refractivity (Wildman–Crippen MR) is 107 cm³/mol. The van der Waals surface area contributed by atoms with Crippen molar-refractivity contribution in [2.45, 2.75) is 31.5 Å². The summed E-state index contributed by atoms with van der Waals surface area (Å²) in [6.07, 6.45) is -1.13. The van der Waals surface area contributed by atoms with Crippen LogP contribution in [0.5, 0.6) is 0 Å². The Bertz CT molecular complexity index is 1040. The number of carbonyl (C=O) groups excluding carboxylic acids is 1. The fraction of sp³-hybridized carbons (Fsp3) is 0.286. The Balaban J connectivity index is 0.000000360. The fourth-order valence-electron chi connectivity index (χ4n) is 3.28. The number of aromatic amines is 1. The van der Waals surface area contributed by atoms with Crippen LogP contribution in [0.15, 0.2) is 54.7 Å². The zero-order chi connectivity index (χ0) is 23.1. The topological polar surface area (TPSA) is 112 Å². The number of carboxylic acids is 1. The maximum atomic E-state index is 12.8. The molecule has 1 saturated heterocycles. The first kappa shape index (κ1) is 22.9. The van der Waals surface area contributed by atoms with Crippen LogP contribution < -0.4 is 0 Å².